The number of carbonyl (C=O) groups excluding carboxylic acids is 1. The van der Waals surface area contributed by atoms with Crippen molar-refractivity contribution >= 4 is 17.3 Å². The molecule has 0 aliphatic rings. The van der Waals surface area contributed by atoms with Gasteiger partial charge in [-0.15, -0.1) is 0 Å². The quantitative estimate of drug-likeness (QED) is 0.372. The number of nitrogens with zero attached hydrogens (tertiary/aromatic N) is 3. The minimum Gasteiger partial charge on any atom is -0.455 e. The summed E-state index contributed by atoms with van der Waals surface area (Å²) in [6, 6.07) is 15.3. The summed E-state index contributed by atoms with van der Waals surface area (Å²) >= 11 is 0. The van der Waals surface area contributed by atoms with E-state index in [0.717, 1.165) is 5.56 Å². The number of ether oxygens (including phenoxy) is 1. The first-order chi connectivity index (χ1) is 13.0. The molecule has 0 atom stereocenters. The zero-order valence-electron chi connectivity index (χ0n) is 14.8. The van der Waals surface area contributed by atoms with Crippen LogP contribution in [-0.4, -0.2) is 30.1 Å². The number of esters is 1. The fraction of sp³-hybridized carbons (Fsp3) is 0.158. The van der Waals surface area contributed by atoms with Crippen LogP contribution >= 0.6 is 0 Å². The third kappa shape index (κ3) is 4.12. The molecule has 0 radical (unpaired) electrons. The predicted octanol–water partition coefficient (Wildman–Crippen LogP) is 3.67. The van der Waals surface area contributed by atoms with Crippen molar-refractivity contribution < 1.29 is 19.0 Å². The van der Waals surface area contributed by atoms with Crippen LogP contribution < -0.4 is 4.90 Å². The predicted molar refractivity (Wildman–Crippen MR) is 98.5 cm³/mol. The molecule has 0 N–H and O–H groups in total. The van der Waals surface area contributed by atoms with Crippen molar-refractivity contribution in [2.75, 3.05) is 19.0 Å². The first-order valence-corrected chi connectivity index (χ1v) is 8.09. The number of rotatable bonds is 6. The van der Waals surface area contributed by atoms with E-state index in [-0.39, 0.29) is 17.9 Å². The van der Waals surface area contributed by atoms with Gasteiger partial charge in [-0.3, -0.25) is 10.1 Å². The van der Waals surface area contributed by atoms with Crippen molar-refractivity contribution in [1.29, 1.82) is 0 Å². The molecule has 0 spiro atoms. The average Bonchev–Trinajstić information content (AvgIpc) is 3.15. The van der Waals surface area contributed by atoms with Gasteiger partial charge in [0, 0.05) is 31.8 Å². The second-order valence-electron chi connectivity index (χ2n) is 5.98. The fourth-order valence-electron chi connectivity index (χ4n) is 2.52. The molecular weight excluding hydrogens is 350 g/mol. The topological polar surface area (TPSA) is 98.7 Å². The molecule has 27 heavy (non-hydrogen) atoms. The van der Waals surface area contributed by atoms with Crippen LogP contribution in [0.1, 0.15) is 16.1 Å². The highest BCUT2D eigenvalue weighted by Crippen LogP contribution is 2.28. The first-order valence-electron chi connectivity index (χ1n) is 8.09. The summed E-state index contributed by atoms with van der Waals surface area (Å²) in [6.45, 7) is -0.0988. The molecular formula is C19H17N3O5. The monoisotopic (exact) mass is 367 g/mol. The normalized spacial score (nSPS) is 10.4. The minimum atomic E-state index is -0.673. The average molecular weight is 367 g/mol. The third-order valence-electron chi connectivity index (χ3n) is 3.86. The Bertz CT molecular complexity index is 966. The summed E-state index contributed by atoms with van der Waals surface area (Å²) in [5, 5.41) is 15.1. The minimum absolute atomic E-state index is 0.0964. The van der Waals surface area contributed by atoms with Gasteiger partial charge in [0.05, 0.1) is 10.5 Å². The molecule has 8 nitrogen and oxygen atoms in total. The van der Waals surface area contributed by atoms with E-state index in [9.17, 15) is 14.9 Å². The molecule has 1 aromatic heterocycles. The lowest BCUT2D eigenvalue weighted by Gasteiger charge is -2.13. The molecule has 0 bridgehead atoms. The van der Waals surface area contributed by atoms with Gasteiger partial charge >= 0.3 is 5.97 Å². The van der Waals surface area contributed by atoms with E-state index >= 15 is 0 Å². The number of nitro groups is 1. The van der Waals surface area contributed by atoms with Crippen LogP contribution in [0.25, 0.3) is 11.3 Å². The lowest BCUT2D eigenvalue weighted by Crippen LogP contribution is -2.12. The van der Waals surface area contributed by atoms with Crippen molar-refractivity contribution in [3.63, 3.8) is 0 Å². The van der Waals surface area contributed by atoms with Gasteiger partial charge in [0.15, 0.2) is 5.76 Å². The van der Waals surface area contributed by atoms with Crippen molar-refractivity contribution in [1.82, 2.24) is 5.16 Å². The van der Waals surface area contributed by atoms with Crippen molar-refractivity contribution in [2.45, 2.75) is 6.61 Å². The summed E-state index contributed by atoms with van der Waals surface area (Å²) in [7, 11) is 3.38. The Balaban J connectivity index is 1.70. The molecule has 0 saturated heterocycles. The highest BCUT2D eigenvalue weighted by molar-refractivity contribution is 5.91. The molecule has 0 fully saturated rings. The molecule has 1 heterocycles. The number of hydrogen-bond acceptors (Lipinski definition) is 7. The summed E-state index contributed by atoms with van der Waals surface area (Å²) < 4.78 is 10.4. The van der Waals surface area contributed by atoms with Gasteiger partial charge in [-0.1, -0.05) is 35.5 Å². The number of nitro benzene ring substituents is 1. The number of carbonyl (C=O) groups is 1. The Labute approximate surface area is 155 Å². The van der Waals surface area contributed by atoms with Crippen LogP contribution in [0.2, 0.25) is 0 Å². The zero-order valence-corrected chi connectivity index (χ0v) is 14.8. The molecule has 0 amide bonds. The summed E-state index contributed by atoms with van der Waals surface area (Å²) in [4.78, 5) is 24.5. The van der Waals surface area contributed by atoms with Crippen LogP contribution in [0.3, 0.4) is 0 Å². The molecule has 8 heteroatoms. The van der Waals surface area contributed by atoms with Gasteiger partial charge in [0.25, 0.3) is 5.69 Å². The maximum Gasteiger partial charge on any atom is 0.338 e. The van der Waals surface area contributed by atoms with Crippen LogP contribution in [0.4, 0.5) is 11.4 Å². The van der Waals surface area contributed by atoms with Gasteiger partial charge in [0.2, 0.25) is 0 Å². The lowest BCUT2D eigenvalue weighted by molar-refractivity contribution is -0.384. The molecule has 2 aromatic carbocycles. The number of aromatic nitrogens is 1. The van der Waals surface area contributed by atoms with Crippen LogP contribution in [-0.2, 0) is 11.3 Å². The zero-order chi connectivity index (χ0) is 19.4. The standard InChI is InChI=1S/C19H17N3O5/c1-21(2)16-9-8-14(10-17(16)22(24)25)19(23)26-12-15-11-18(27-20-15)13-6-4-3-5-7-13/h3-11H,12H2,1-2H3. The third-order valence-corrected chi connectivity index (χ3v) is 3.86. The number of anilines is 1. The Morgan fingerprint density at radius 2 is 1.93 bits per heavy atom. The molecule has 3 rings (SSSR count). The van der Waals surface area contributed by atoms with Crippen molar-refractivity contribution in [2.24, 2.45) is 0 Å². The van der Waals surface area contributed by atoms with E-state index in [1.807, 2.05) is 30.3 Å². The Kier molecular flexibility index (Phi) is 5.16. The molecule has 0 aliphatic heterocycles. The molecule has 0 aliphatic carbocycles. The maximum absolute atomic E-state index is 12.2. The summed E-state index contributed by atoms with van der Waals surface area (Å²) in [5.41, 5.74) is 1.64. The smallest absolute Gasteiger partial charge is 0.338 e. The van der Waals surface area contributed by atoms with E-state index in [0.29, 0.717) is 17.1 Å². The molecule has 0 unspecified atom stereocenters. The number of benzene rings is 2. The molecule has 138 valence electrons. The van der Waals surface area contributed by atoms with E-state index in [4.69, 9.17) is 9.26 Å². The SMILES string of the molecule is CN(C)c1ccc(C(=O)OCc2cc(-c3ccccc3)on2)cc1[N+](=O)[O-]. The summed E-state index contributed by atoms with van der Waals surface area (Å²) in [5.74, 6) is -0.111. The van der Waals surface area contributed by atoms with Crippen molar-refractivity contribution in [3.8, 4) is 11.3 Å². The lowest BCUT2D eigenvalue weighted by atomic mass is 10.1. The number of hydrogen-bond donors (Lipinski definition) is 0. The van der Waals surface area contributed by atoms with Gasteiger partial charge in [0.1, 0.15) is 18.0 Å². The molecule has 0 saturated carbocycles. The Morgan fingerprint density at radius 1 is 1.19 bits per heavy atom. The van der Waals surface area contributed by atoms with Crippen LogP contribution in [0, 0.1) is 10.1 Å². The van der Waals surface area contributed by atoms with Gasteiger partial charge in [-0.2, -0.15) is 0 Å². The van der Waals surface area contributed by atoms with Crippen LogP contribution in [0.15, 0.2) is 59.1 Å². The fourth-order valence-corrected chi connectivity index (χ4v) is 2.52. The van der Waals surface area contributed by atoms with E-state index in [2.05, 4.69) is 5.16 Å². The van der Waals surface area contributed by atoms with E-state index in [1.54, 1.807) is 25.1 Å². The van der Waals surface area contributed by atoms with Crippen molar-refractivity contribution in [3.05, 3.63) is 76.0 Å². The Morgan fingerprint density at radius 3 is 2.59 bits per heavy atom. The largest absolute Gasteiger partial charge is 0.455 e. The molecule has 3 aromatic rings. The van der Waals surface area contributed by atoms with E-state index < -0.39 is 10.9 Å². The first kappa shape index (κ1) is 18.1. The highest BCUT2D eigenvalue weighted by Gasteiger charge is 2.20. The maximum atomic E-state index is 12.2. The van der Waals surface area contributed by atoms with Gasteiger partial charge < -0.3 is 14.2 Å². The van der Waals surface area contributed by atoms with Gasteiger partial charge in [-0.05, 0) is 12.1 Å². The Hall–Kier alpha value is -3.68. The summed E-state index contributed by atoms with van der Waals surface area (Å²) in [6.07, 6.45) is 0. The second-order valence-corrected chi connectivity index (χ2v) is 5.98. The second kappa shape index (κ2) is 7.69. The van der Waals surface area contributed by atoms with E-state index in [1.165, 1.54) is 18.2 Å². The van der Waals surface area contributed by atoms with Gasteiger partial charge in [-0.25, -0.2) is 4.79 Å². The highest BCUT2D eigenvalue weighted by atomic mass is 16.6. The van der Waals surface area contributed by atoms with Crippen LogP contribution in [0.5, 0.6) is 0 Å².